The van der Waals surface area contributed by atoms with E-state index >= 15 is 0 Å². The molecule has 0 unspecified atom stereocenters. The smallest absolute Gasteiger partial charge is 0.293 e. The number of anilines is 3. The Morgan fingerprint density at radius 1 is 1.30 bits per heavy atom. The number of hydrogen-bond acceptors (Lipinski definition) is 6. The van der Waals surface area contributed by atoms with E-state index < -0.39 is 16.9 Å². The fourth-order valence-electron chi connectivity index (χ4n) is 3.48. The normalized spacial score (nSPS) is 15.6. The Hall–Kier alpha value is -3.95. The third-order valence-electron chi connectivity index (χ3n) is 4.87. The van der Waals surface area contributed by atoms with Gasteiger partial charge in [0.15, 0.2) is 0 Å². The molecule has 156 valence electrons. The van der Waals surface area contributed by atoms with Crippen LogP contribution in [0.15, 0.2) is 42.5 Å². The maximum atomic E-state index is 13.2. The average molecular weight is 411 g/mol. The van der Waals surface area contributed by atoms with E-state index in [-0.39, 0.29) is 41.7 Å². The molecule has 1 heterocycles. The molecule has 0 saturated heterocycles. The summed E-state index contributed by atoms with van der Waals surface area (Å²) in [5, 5.41) is 14.3. The number of primary amides is 1. The molecule has 2 aromatic rings. The number of para-hydroxylation sites is 2. The fraction of sp³-hybridized carbons (Fsp3) is 0.250. The maximum Gasteiger partial charge on any atom is 0.293 e. The summed E-state index contributed by atoms with van der Waals surface area (Å²) in [4.78, 5) is 50.4. The lowest BCUT2D eigenvalue weighted by Gasteiger charge is -2.30. The van der Waals surface area contributed by atoms with Gasteiger partial charge in [-0.15, -0.1) is 0 Å². The zero-order valence-corrected chi connectivity index (χ0v) is 16.5. The zero-order valence-electron chi connectivity index (χ0n) is 16.5. The van der Waals surface area contributed by atoms with Crippen molar-refractivity contribution in [2.75, 3.05) is 28.7 Å². The molecule has 30 heavy (non-hydrogen) atoms. The number of nitrogens with one attached hydrogen (secondary N) is 1. The third kappa shape index (κ3) is 4.07. The number of nitro benzene ring substituents is 1. The van der Waals surface area contributed by atoms with Crippen molar-refractivity contribution in [1.82, 2.24) is 0 Å². The lowest BCUT2D eigenvalue weighted by Crippen LogP contribution is -2.44. The van der Waals surface area contributed by atoms with Gasteiger partial charge < -0.3 is 20.9 Å². The minimum atomic E-state index is -0.782. The Labute approximate surface area is 172 Å². The second-order valence-corrected chi connectivity index (χ2v) is 7.06. The molecule has 1 atom stereocenters. The molecule has 1 aliphatic heterocycles. The van der Waals surface area contributed by atoms with Crippen LogP contribution < -0.4 is 20.9 Å². The Balaban J connectivity index is 1.91. The highest BCUT2D eigenvalue weighted by Gasteiger charge is 2.31. The van der Waals surface area contributed by atoms with E-state index in [1.54, 1.807) is 38.2 Å². The molecule has 0 fully saturated rings. The molecule has 10 nitrogen and oxygen atoms in total. The minimum absolute atomic E-state index is 0.00447. The average Bonchev–Trinajstić information content (AvgIpc) is 2.81. The molecule has 1 aliphatic rings. The van der Waals surface area contributed by atoms with Gasteiger partial charge in [-0.05, 0) is 31.2 Å². The first kappa shape index (κ1) is 20.8. The van der Waals surface area contributed by atoms with E-state index in [1.807, 2.05) is 0 Å². The summed E-state index contributed by atoms with van der Waals surface area (Å²) < 4.78 is 0. The first-order chi connectivity index (χ1) is 14.2. The number of carbonyl (C=O) groups is 3. The van der Waals surface area contributed by atoms with Crippen molar-refractivity contribution in [1.29, 1.82) is 0 Å². The summed E-state index contributed by atoms with van der Waals surface area (Å²) in [6.45, 7) is 1.59. The predicted molar refractivity (Wildman–Crippen MR) is 112 cm³/mol. The van der Waals surface area contributed by atoms with Crippen LogP contribution >= 0.6 is 0 Å². The number of rotatable bonds is 5. The maximum absolute atomic E-state index is 13.2. The lowest BCUT2D eigenvalue weighted by atomic mass is 10.1. The summed E-state index contributed by atoms with van der Waals surface area (Å²) >= 11 is 0. The molecule has 10 heteroatoms. The van der Waals surface area contributed by atoms with Crippen LogP contribution in [-0.4, -0.2) is 42.3 Å². The van der Waals surface area contributed by atoms with Gasteiger partial charge in [0.2, 0.25) is 17.7 Å². The monoisotopic (exact) mass is 411 g/mol. The Morgan fingerprint density at radius 3 is 2.67 bits per heavy atom. The largest absolute Gasteiger partial charge is 0.366 e. The molecule has 0 aromatic heterocycles. The Bertz CT molecular complexity index is 1040. The van der Waals surface area contributed by atoms with Crippen LogP contribution in [0, 0.1) is 10.1 Å². The van der Waals surface area contributed by atoms with Gasteiger partial charge in [-0.1, -0.05) is 12.1 Å². The predicted octanol–water partition coefficient (Wildman–Crippen LogP) is 1.89. The number of nitrogens with two attached hydrogens (primary N) is 1. The van der Waals surface area contributed by atoms with E-state index in [9.17, 15) is 24.5 Å². The highest BCUT2D eigenvalue weighted by atomic mass is 16.6. The van der Waals surface area contributed by atoms with Crippen molar-refractivity contribution >= 4 is 40.5 Å². The highest BCUT2D eigenvalue weighted by molar-refractivity contribution is 6.05. The van der Waals surface area contributed by atoms with Gasteiger partial charge in [-0.25, -0.2) is 0 Å². The van der Waals surface area contributed by atoms with Gasteiger partial charge in [0.1, 0.15) is 5.69 Å². The Morgan fingerprint density at radius 2 is 2.00 bits per heavy atom. The first-order valence-corrected chi connectivity index (χ1v) is 9.19. The van der Waals surface area contributed by atoms with Gasteiger partial charge in [0.05, 0.1) is 22.8 Å². The van der Waals surface area contributed by atoms with Crippen LogP contribution in [0.5, 0.6) is 0 Å². The van der Waals surface area contributed by atoms with E-state index in [0.29, 0.717) is 11.4 Å². The van der Waals surface area contributed by atoms with Gasteiger partial charge >= 0.3 is 0 Å². The molecule has 3 rings (SSSR count). The number of nitrogens with zero attached hydrogens (tertiary/aromatic N) is 3. The van der Waals surface area contributed by atoms with Crippen molar-refractivity contribution in [2.24, 2.45) is 5.73 Å². The van der Waals surface area contributed by atoms with E-state index in [0.717, 1.165) is 6.07 Å². The van der Waals surface area contributed by atoms with Crippen LogP contribution in [0.4, 0.5) is 22.7 Å². The molecule has 0 saturated carbocycles. The number of nitro groups is 1. The number of carbonyl (C=O) groups excluding carboxylic acids is 3. The van der Waals surface area contributed by atoms with E-state index in [4.69, 9.17) is 5.73 Å². The second-order valence-electron chi connectivity index (χ2n) is 7.06. The number of amides is 3. The molecule has 2 aromatic carbocycles. The van der Waals surface area contributed by atoms with Crippen molar-refractivity contribution in [3.63, 3.8) is 0 Å². The standard InChI is InChI=1S/C20H21N5O5/c1-12-9-18(26)22-14-5-3-4-6-15(14)24(12)19(27)11-23(2)16-8-7-13(20(21)28)10-17(16)25(29)30/h3-8,10,12H,9,11H2,1-2H3,(H2,21,28)(H,22,26)/t12-/m1/s1. The fourth-order valence-corrected chi connectivity index (χ4v) is 3.48. The van der Waals surface area contributed by atoms with Gasteiger partial charge in [0, 0.05) is 31.1 Å². The van der Waals surface area contributed by atoms with Crippen LogP contribution in [0.2, 0.25) is 0 Å². The van der Waals surface area contributed by atoms with Gasteiger partial charge in [-0.2, -0.15) is 0 Å². The molecule has 3 N–H and O–H groups in total. The molecule has 3 amide bonds. The van der Waals surface area contributed by atoms with Crippen LogP contribution in [0.3, 0.4) is 0 Å². The summed E-state index contributed by atoms with van der Waals surface area (Å²) in [6, 6.07) is 10.4. The quantitative estimate of drug-likeness (QED) is 0.569. The molecule has 0 spiro atoms. The van der Waals surface area contributed by atoms with E-state index in [2.05, 4.69) is 5.32 Å². The minimum Gasteiger partial charge on any atom is -0.366 e. The third-order valence-corrected chi connectivity index (χ3v) is 4.87. The summed E-state index contributed by atoms with van der Waals surface area (Å²) in [5.41, 5.74) is 6.14. The molecular formula is C20H21N5O5. The van der Waals surface area contributed by atoms with Crippen molar-refractivity contribution in [2.45, 2.75) is 19.4 Å². The van der Waals surface area contributed by atoms with Gasteiger partial charge in [0.25, 0.3) is 5.69 Å². The van der Waals surface area contributed by atoms with E-state index in [1.165, 1.54) is 21.9 Å². The highest BCUT2D eigenvalue weighted by Crippen LogP contribution is 2.32. The topological polar surface area (TPSA) is 139 Å². The lowest BCUT2D eigenvalue weighted by molar-refractivity contribution is -0.384. The molecule has 0 bridgehead atoms. The van der Waals surface area contributed by atoms with Crippen LogP contribution in [0.25, 0.3) is 0 Å². The number of likely N-dealkylation sites (N-methyl/N-ethyl adjacent to an activating group) is 1. The Kier molecular flexibility index (Phi) is 5.67. The van der Waals surface area contributed by atoms with Crippen molar-refractivity contribution < 1.29 is 19.3 Å². The number of hydrogen-bond donors (Lipinski definition) is 2. The first-order valence-electron chi connectivity index (χ1n) is 9.19. The summed E-state index contributed by atoms with van der Waals surface area (Å²) in [7, 11) is 1.54. The zero-order chi connectivity index (χ0) is 22.0. The van der Waals surface area contributed by atoms with Crippen LogP contribution in [0.1, 0.15) is 23.7 Å². The van der Waals surface area contributed by atoms with Crippen molar-refractivity contribution in [3.05, 3.63) is 58.1 Å². The SMILES string of the molecule is C[C@@H]1CC(=O)Nc2ccccc2N1C(=O)CN(C)c1ccc(C(N)=O)cc1[N+](=O)[O-]. The molecular weight excluding hydrogens is 390 g/mol. The van der Waals surface area contributed by atoms with Crippen LogP contribution in [-0.2, 0) is 9.59 Å². The number of benzene rings is 2. The second kappa shape index (κ2) is 8.19. The molecule has 0 aliphatic carbocycles. The van der Waals surface area contributed by atoms with Gasteiger partial charge in [-0.3, -0.25) is 24.5 Å². The number of fused-ring (bicyclic) bond motifs is 1. The molecule has 0 radical (unpaired) electrons. The van der Waals surface area contributed by atoms with Crippen molar-refractivity contribution in [3.8, 4) is 0 Å². The summed E-state index contributed by atoms with van der Waals surface area (Å²) in [6.07, 6.45) is 0.123. The summed E-state index contributed by atoms with van der Waals surface area (Å²) in [5.74, 6) is -1.31.